The van der Waals surface area contributed by atoms with Gasteiger partial charge in [0.15, 0.2) is 5.76 Å². The molecular weight excluding hydrogens is 266 g/mol. The number of hydrogen-bond acceptors (Lipinski definition) is 2. The van der Waals surface area contributed by atoms with Crippen LogP contribution < -0.4 is 0 Å². The third-order valence-corrected chi connectivity index (χ3v) is 2.89. The molecule has 0 aliphatic rings. The van der Waals surface area contributed by atoms with Gasteiger partial charge in [0.25, 0.3) is 0 Å². The maximum Gasteiger partial charge on any atom is 0.168 e. The molecule has 0 saturated heterocycles. The van der Waals surface area contributed by atoms with Crippen molar-refractivity contribution in [3.8, 4) is 11.3 Å². The van der Waals surface area contributed by atoms with E-state index in [1.807, 2.05) is 6.07 Å². The van der Waals surface area contributed by atoms with Crippen molar-refractivity contribution in [2.24, 2.45) is 0 Å². The van der Waals surface area contributed by atoms with E-state index < -0.39 is 0 Å². The highest BCUT2D eigenvalue weighted by Gasteiger charge is 2.13. The van der Waals surface area contributed by atoms with Gasteiger partial charge in [0, 0.05) is 11.6 Å². The second-order valence-corrected chi connectivity index (χ2v) is 5.65. The van der Waals surface area contributed by atoms with Crippen LogP contribution in [-0.4, -0.2) is 5.16 Å². The molecule has 0 unspecified atom stereocenters. The van der Waals surface area contributed by atoms with Crippen LogP contribution in [0.15, 0.2) is 39.5 Å². The van der Waals surface area contributed by atoms with Crippen molar-refractivity contribution in [1.82, 2.24) is 5.16 Å². The molecule has 0 aliphatic heterocycles. The topological polar surface area (TPSA) is 26.0 Å². The van der Waals surface area contributed by atoms with E-state index in [0.717, 1.165) is 15.9 Å². The van der Waals surface area contributed by atoms with E-state index in [0.29, 0.717) is 0 Å². The summed E-state index contributed by atoms with van der Waals surface area (Å²) in [5.41, 5.74) is 2.54. The van der Waals surface area contributed by atoms with Gasteiger partial charge in [-0.1, -0.05) is 50.2 Å². The van der Waals surface area contributed by atoms with E-state index in [-0.39, 0.29) is 5.41 Å². The molecule has 2 aromatic rings. The van der Waals surface area contributed by atoms with Crippen molar-refractivity contribution in [3.05, 3.63) is 40.5 Å². The molecule has 1 aromatic heterocycles. The summed E-state index contributed by atoms with van der Waals surface area (Å²) in [5, 5.41) is 3.81. The number of halogens is 1. The van der Waals surface area contributed by atoms with Crippen LogP contribution in [0.5, 0.6) is 0 Å². The maximum absolute atomic E-state index is 5.18. The molecule has 16 heavy (non-hydrogen) atoms. The van der Waals surface area contributed by atoms with Crippen molar-refractivity contribution in [3.63, 3.8) is 0 Å². The van der Waals surface area contributed by atoms with Crippen LogP contribution in [0.4, 0.5) is 0 Å². The first kappa shape index (κ1) is 11.4. The number of hydrogen-bond donors (Lipinski definition) is 0. The van der Waals surface area contributed by atoms with Gasteiger partial charge in [-0.15, -0.1) is 0 Å². The summed E-state index contributed by atoms with van der Waals surface area (Å²) in [7, 11) is 0. The maximum atomic E-state index is 5.18. The zero-order chi connectivity index (χ0) is 11.8. The summed E-state index contributed by atoms with van der Waals surface area (Å²) in [6, 6.07) is 10.3. The average molecular weight is 280 g/mol. The van der Waals surface area contributed by atoms with E-state index >= 15 is 0 Å². The lowest BCUT2D eigenvalue weighted by molar-refractivity contribution is 0.428. The standard InChI is InChI=1S/C13H14BrNO/c1-13(2,3)10-6-4-9(5-7-10)11-8-12(14)15-16-11/h4-8H,1-3H3. The Morgan fingerprint density at radius 3 is 2.19 bits per heavy atom. The first-order valence-corrected chi connectivity index (χ1v) is 5.99. The summed E-state index contributed by atoms with van der Waals surface area (Å²) in [6.07, 6.45) is 0. The van der Waals surface area contributed by atoms with Crippen LogP contribution in [0.25, 0.3) is 11.3 Å². The Kier molecular flexibility index (Phi) is 2.89. The highest BCUT2D eigenvalue weighted by atomic mass is 79.9. The minimum Gasteiger partial charge on any atom is -0.355 e. The van der Waals surface area contributed by atoms with Crippen molar-refractivity contribution in [2.75, 3.05) is 0 Å². The Labute approximate surface area is 104 Å². The van der Waals surface area contributed by atoms with Crippen LogP contribution >= 0.6 is 15.9 Å². The van der Waals surface area contributed by atoms with Gasteiger partial charge in [-0.3, -0.25) is 0 Å². The van der Waals surface area contributed by atoms with E-state index in [9.17, 15) is 0 Å². The molecular formula is C13H14BrNO. The summed E-state index contributed by atoms with van der Waals surface area (Å²) >= 11 is 3.27. The Hall–Kier alpha value is -1.09. The molecule has 1 heterocycles. The molecule has 0 amide bonds. The second kappa shape index (κ2) is 4.06. The molecule has 0 saturated carbocycles. The quantitative estimate of drug-likeness (QED) is 0.773. The summed E-state index contributed by atoms with van der Waals surface area (Å²) in [4.78, 5) is 0. The molecule has 2 nitrogen and oxygen atoms in total. The van der Waals surface area contributed by atoms with Crippen LogP contribution in [0.2, 0.25) is 0 Å². The molecule has 0 N–H and O–H groups in total. The molecule has 84 valence electrons. The van der Waals surface area contributed by atoms with Crippen LogP contribution in [0.1, 0.15) is 26.3 Å². The van der Waals surface area contributed by atoms with Crippen molar-refractivity contribution in [1.29, 1.82) is 0 Å². The zero-order valence-electron chi connectivity index (χ0n) is 9.62. The van der Waals surface area contributed by atoms with Gasteiger partial charge in [0.2, 0.25) is 0 Å². The predicted molar refractivity (Wildman–Crippen MR) is 68.3 cm³/mol. The van der Waals surface area contributed by atoms with Gasteiger partial charge in [0.05, 0.1) is 0 Å². The molecule has 1 aromatic carbocycles. The normalized spacial score (nSPS) is 11.8. The molecule has 0 spiro atoms. The highest BCUT2D eigenvalue weighted by Crippen LogP contribution is 2.27. The molecule has 3 heteroatoms. The lowest BCUT2D eigenvalue weighted by Gasteiger charge is -2.18. The Morgan fingerprint density at radius 2 is 1.75 bits per heavy atom. The lowest BCUT2D eigenvalue weighted by atomic mass is 9.86. The van der Waals surface area contributed by atoms with Crippen molar-refractivity contribution in [2.45, 2.75) is 26.2 Å². The minimum atomic E-state index is 0.181. The molecule has 0 aliphatic carbocycles. The monoisotopic (exact) mass is 279 g/mol. The molecule has 0 atom stereocenters. The van der Waals surface area contributed by atoms with Crippen molar-refractivity contribution >= 4 is 15.9 Å². The van der Waals surface area contributed by atoms with Crippen molar-refractivity contribution < 1.29 is 4.52 Å². The number of aromatic nitrogens is 1. The molecule has 0 fully saturated rings. The fraction of sp³-hybridized carbons (Fsp3) is 0.308. The fourth-order valence-corrected chi connectivity index (χ4v) is 1.80. The Bertz CT molecular complexity index is 479. The zero-order valence-corrected chi connectivity index (χ0v) is 11.2. The van der Waals surface area contributed by atoms with Gasteiger partial charge in [-0.2, -0.15) is 0 Å². The molecule has 2 rings (SSSR count). The molecule has 0 radical (unpaired) electrons. The third-order valence-electron chi connectivity index (χ3n) is 2.52. The van der Waals surface area contributed by atoms with E-state index in [1.165, 1.54) is 5.56 Å². The SMILES string of the molecule is CC(C)(C)c1ccc(-c2cc(Br)no2)cc1. The Balaban J connectivity index is 2.33. The first-order chi connectivity index (χ1) is 7.47. The lowest BCUT2D eigenvalue weighted by Crippen LogP contribution is -2.10. The van der Waals surface area contributed by atoms with Gasteiger partial charge in [-0.05, 0) is 26.9 Å². The predicted octanol–water partition coefficient (Wildman–Crippen LogP) is 4.40. The van der Waals surface area contributed by atoms with Gasteiger partial charge >= 0.3 is 0 Å². The van der Waals surface area contributed by atoms with Crippen LogP contribution in [0.3, 0.4) is 0 Å². The third kappa shape index (κ3) is 2.35. The summed E-state index contributed by atoms with van der Waals surface area (Å²) < 4.78 is 5.90. The van der Waals surface area contributed by atoms with Gasteiger partial charge in [-0.25, -0.2) is 0 Å². The van der Waals surface area contributed by atoms with Crippen LogP contribution in [0, 0.1) is 0 Å². The number of nitrogens with zero attached hydrogens (tertiary/aromatic N) is 1. The molecule has 0 bridgehead atoms. The largest absolute Gasteiger partial charge is 0.355 e. The summed E-state index contributed by atoms with van der Waals surface area (Å²) in [6.45, 7) is 6.60. The Morgan fingerprint density at radius 1 is 1.12 bits per heavy atom. The first-order valence-electron chi connectivity index (χ1n) is 5.20. The smallest absolute Gasteiger partial charge is 0.168 e. The average Bonchev–Trinajstić information content (AvgIpc) is 2.64. The summed E-state index contributed by atoms with van der Waals surface area (Å²) in [5.74, 6) is 0.785. The number of benzene rings is 1. The van der Waals surface area contributed by atoms with E-state index in [2.05, 4.69) is 66.1 Å². The number of rotatable bonds is 1. The van der Waals surface area contributed by atoms with E-state index in [4.69, 9.17) is 4.52 Å². The van der Waals surface area contributed by atoms with Crippen LogP contribution in [-0.2, 0) is 5.41 Å². The second-order valence-electron chi connectivity index (χ2n) is 4.84. The van der Waals surface area contributed by atoms with Gasteiger partial charge in [0.1, 0.15) is 4.60 Å². The highest BCUT2D eigenvalue weighted by molar-refractivity contribution is 9.10. The van der Waals surface area contributed by atoms with Gasteiger partial charge < -0.3 is 4.52 Å². The van der Waals surface area contributed by atoms with E-state index in [1.54, 1.807) is 0 Å². The fourth-order valence-electron chi connectivity index (χ4n) is 1.52. The minimum absolute atomic E-state index is 0.181.